The Bertz CT molecular complexity index is 326. The second-order valence-corrected chi connectivity index (χ2v) is 5.14. The summed E-state index contributed by atoms with van der Waals surface area (Å²) in [4.78, 5) is 6.77. The van der Waals surface area contributed by atoms with E-state index in [1.165, 1.54) is 12.8 Å². The van der Waals surface area contributed by atoms with Gasteiger partial charge in [-0.3, -0.25) is 0 Å². The fraction of sp³-hybridized carbons (Fsp3) is 0.583. The maximum absolute atomic E-state index is 4.43. The van der Waals surface area contributed by atoms with Gasteiger partial charge in [0.1, 0.15) is 5.82 Å². The van der Waals surface area contributed by atoms with Crippen molar-refractivity contribution in [3.05, 3.63) is 22.8 Å². The highest BCUT2D eigenvalue weighted by atomic mass is 79.9. The highest BCUT2D eigenvalue weighted by Gasteiger charge is 2.22. The molecule has 4 heteroatoms. The van der Waals surface area contributed by atoms with Crippen LogP contribution in [-0.2, 0) is 0 Å². The van der Waals surface area contributed by atoms with Gasteiger partial charge in [0.05, 0.1) is 0 Å². The first kappa shape index (κ1) is 11.9. The molecule has 1 N–H and O–H groups in total. The molecule has 88 valence electrons. The Balaban J connectivity index is 1.90. The smallest absolute Gasteiger partial charge is 0.128 e. The average molecular weight is 284 g/mol. The Labute approximate surface area is 105 Å². The van der Waals surface area contributed by atoms with Gasteiger partial charge in [-0.2, -0.15) is 0 Å². The molecule has 0 aliphatic carbocycles. The van der Waals surface area contributed by atoms with E-state index in [4.69, 9.17) is 0 Å². The molecule has 2 rings (SSSR count). The van der Waals surface area contributed by atoms with Gasteiger partial charge >= 0.3 is 0 Å². The quantitative estimate of drug-likeness (QED) is 0.920. The normalized spacial score (nSPS) is 20.4. The Morgan fingerprint density at radius 2 is 2.44 bits per heavy atom. The zero-order valence-corrected chi connectivity index (χ0v) is 11.2. The first-order chi connectivity index (χ1) is 7.79. The maximum atomic E-state index is 4.43. The fourth-order valence-corrected chi connectivity index (χ4v) is 2.27. The van der Waals surface area contributed by atoms with E-state index in [1.807, 2.05) is 6.20 Å². The van der Waals surface area contributed by atoms with E-state index in [0.717, 1.165) is 29.9 Å². The van der Waals surface area contributed by atoms with Crippen molar-refractivity contribution in [1.82, 2.24) is 10.3 Å². The van der Waals surface area contributed by atoms with E-state index in [9.17, 15) is 0 Å². The molecule has 2 heterocycles. The molecule has 1 atom stereocenters. The van der Waals surface area contributed by atoms with E-state index < -0.39 is 0 Å². The van der Waals surface area contributed by atoms with E-state index in [0.29, 0.717) is 6.04 Å². The van der Waals surface area contributed by atoms with Crippen LogP contribution in [0.4, 0.5) is 5.82 Å². The Morgan fingerprint density at radius 3 is 3.12 bits per heavy atom. The molecule has 1 fully saturated rings. The minimum absolute atomic E-state index is 0.630. The first-order valence-electron chi connectivity index (χ1n) is 5.89. The van der Waals surface area contributed by atoms with Crippen LogP contribution < -0.4 is 10.2 Å². The molecule has 0 spiro atoms. The summed E-state index contributed by atoms with van der Waals surface area (Å²) in [6.07, 6.45) is 4.28. The monoisotopic (exact) mass is 283 g/mol. The molecule has 0 saturated carbocycles. The third kappa shape index (κ3) is 2.95. The van der Waals surface area contributed by atoms with Crippen LogP contribution in [0.25, 0.3) is 0 Å². The van der Waals surface area contributed by atoms with Crippen molar-refractivity contribution >= 4 is 21.7 Å². The number of anilines is 1. The highest BCUT2D eigenvalue weighted by Crippen LogP contribution is 2.19. The summed E-state index contributed by atoms with van der Waals surface area (Å²) >= 11 is 3.41. The molecule has 0 amide bonds. The molecule has 1 aromatic rings. The van der Waals surface area contributed by atoms with Gasteiger partial charge in [-0.05, 0) is 47.4 Å². The minimum Gasteiger partial charge on any atom is -0.355 e. The topological polar surface area (TPSA) is 28.2 Å². The SMILES string of the molecule is CCCN[C@H]1CCN(c2ccc(Br)cn2)C1. The lowest BCUT2D eigenvalue weighted by molar-refractivity contribution is 0.549. The summed E-state index contributed by atoms with van der Waals surface area (Å²) < 4.78 is 1.04. The van der Waals surface area contributed by atoms with Crippen LogP contribution in [0.3, 0.4) is 0 Å². The summed E-state index contributed by atoms with van der Waals surface area (Å²) in [5.41, 5.74) is 0. The van der Waals surface area contributed by atoms with Gasteiger partial charge in [0.25, 0.3) is 0 Å². The van der Waals surface area contributed by atoms with Crippen LogP contribution in [0.1, 0.15) is 19.8 Å². The number of nitrogens with zero attached hydrogens (tertiary/aromatic N) is 2. The largest absolute Gasteiger partial charge is 0.355 e. The van der Waals surface area contributed by atoms with Gasteiger partial charge in [-0.25, -0.2) is 4.98 Å². The van der Waals surface area contributed by atoms with Crippen molar-refractivity contribution in [1.29, 1.82) is 0 Å². The van der Waals surface area contributed by atoms with Crippen LogP contribution in [0.2, 0.25) is 0 Å². The number of hydrogen-bond donors (Lipinski definition) is 1. The number of hydrogen-bond acceptors (Lipinski definition) is 3. The van der Waals surface area contributed by atoms with Crippen molar-refractivity contribution in [2.75, 3.05) is 24.5 Å². The van der Waals surface area contributed by atoms with Crippen LogP contribution in [0, 0.1) is 0 Å². The molecule has 1 aliphatic rings. The van der Waals surface area contributed by atoms with E-state index in [-0.39, 0.29) is 0 Å². The van der Waals surface area contributed by atoms with E-state index in [1.54, 1.807) is 0 Å². The molecule has 0 aromatic carbocycles. The molecular formula is C12H18BrN3. The summed E-state index contributed by atoms with van der Waals surface area (Å²) in [6.45, 7) is 5.51. The second-order valence-electron chi connectivity index (χ2n) is 4.22. The zero-order chi connectivity index (χ0) is 11.4. The predicted octanol–water partition coefficient (Wildman–Crippen LogP) is 2.42. The Morgan fingerprint density at radius 1 is 1.56 bits per heavy atom. The van der Waals surface area contributed by atoms with Gasteiger partial charge in [-0.15, -0.1) is 0 Å². The number of halogens is 1. The molecule has 16 heavy (non-hydrogen) atoms. The summed E-state index contributed by atoms with van der Waals surface area (Å²) in [6, 6.07) is 4.76. The minimum atomic E-state index is 0.630. The van der Waals surface area contributed by atoms with Gasteiger partial charge < -0.3 is 10.2 Å². The fourth-order valence-electron chi connectivity index (χ4n) is 2.04. The number of nitrogens with one attached hydrogen (secondary N) is 1. The van der Waals surface area contributed by atoms with Crippen LogP contribution in [-0.4, -0.2) is 30.7 Å². The third-order valence-electron chi connectivity index (χ3n) is 2.91. The van der Waals surface area contributed by atoms with Crippen molar-refractivity contribution in [3.63, 3.8) is 0 Å². The molecule has 0 bridgehead atoms. The third-order valence-corrected chi connectivity index (χ3v) is 3.38. The van der Waals surface area contributed by atoms with Crippen LogP contribution in [0.15, 0.2) is 22.8 Å². The number of aromatic nitrogens is 1. The van der Waals surface area contributed by atoms with Crippen molar-refractivity contribution < 1.29 is 0 Å². The standard InChI is InChI=1S/C12H18BrN3/c1-2-6-14-11-5-7-16(9-11)12-4-3-10(13)8-15-12/h3-4,8,11,14H,2,5-7,9H2,1H3/t11-/m0/s1. The van der Waals surface area contributed by atoms with Crippen LogP contribution in [0.5, 0.6) is 0 Å². The summed E-state index contributed by atoms with van der Waals surface area (Å²) in [7, 11) is 0. The average Bonchev–Trinajstić information content (AvgIpc) is 2.76. The Hall–Kier alpha value is -0.610. The first-order valence-corrected chi connectivity index (χ1v) is 6.69. The van der Waals surface area contributed by atoms with E-state index >= 15 is 0 Å². The molecule has 1 saturated heterocycles. The van der Waals surface area contributed by atoms with Gasteiger partial charge in [0.2, 0.25) is 0 Å². The highest BCUT2D eigenvalue weighted by molar-refractivity contribution is 9.10. The maximum Gasteiger partial charge on any atom is 0.128 e. The molecular weight excluding hydrogens is 266 g/mol. The molecule has 0 radical (unpaired) electrons. The lowest BCUT2D eigenvalue weighted by Crippen LogP contribution is -2.33. The second kappa shape index (κ2) is 5.64. The van der Waals surface area contributed by atoms with Gasteiger partial charge in [0.15, 0.2) is 0 Å². The van der Waals surface area contributed by atoms with Gasteiger partial charge in [-0.1, -0.05) is 6.92 Å². The lowest BCUT2D eigenvalue weighted by atomic mass is 10.2. The Kier molecular flexibility index (Phi) is 4.18. The summed E-state index contributed by atoms with van der Waals surface area (Å²) in [5, 5.41) is 3.56. The zero-order valence-electron chi connectivity index (χ0n) is 9.62. The van der Waals surface area contributed by atoms with Crippen molar-refractivity contribution in [2.24, 2.45) is 0 Å². The number of rotatable bonds is 4. The van der Waals surface area contributed by atoms with E-state index in [2.05, 4.69) is 50.2 Å². The number of pyridine rings is 1. The lowest BCUT2D eigenvalue weighted by Gasteiger charge is -2.17. The molecule has 1 aromatic heterocycles. The molecule has 3 nitrogen and oxygen atoms in total. The van der Waals surface area contributed by atoms with Crippen LogP contribution >= 0.6 is 15.9 Å². The molecule has 0 unspecified atom stereocenters. The summed E-state index contributed by atoms with van der Waals surface area (Å²) in [5.74, 6) is 1.09. The van der Waals surface area contributed by atoms with Gasteiger partial charge in [0, 0.05) is 29.8 Å². The molecule has 1 aliphatic heterocycles. The van der Waals surface area contributed by atoms with Crippen molar-refractivity contribution in [2.45, 2.75) is 25.8 Å². The van der Waals surface area contributed by atoms with Crippen molar-refractivity contribution in [3.8, 4) is 0 Å². The predicted molar refractivity (Wildman–Crippen MR) is 70.8 cm³/mol.